The summed E-state index contributed by atoms with van der Waals surface area (Å²) in [7, 11) is 1.70. The molecule has 0 saturated heterocycles. The fourth-order valence-electron chi connectivity index (χ4n) is 0.987. The Balaban J connectivity index is 3.64. The van der Waals surface area contributed by atoms with Crippen molar-refractivity contribution in [3.05, 3.63) is 0 Å². The molecule has 0 amide bonds. The number of aliphatic hydroxyl groups is 1. The molecule has 0 saturated carbocycles. The highest BCUT2D eigenvalue weighted by molar-refractivity contribution is 4.70. The third-order valence-corrected chi connectivity index (χ3v) is 1.70. The van der Waals surface area contributed by atoms with Gasteiger partial charge in [-0.1, -0.05) is 6.92 Å². The van der Waals surface area contributed by atoms with Gasteiger partial charge in [0.2, 0.25) is 0 Å². The van der Waals surface area contributed by atoms with E-state index in [0.29, 0.717) is 5.92 Å². The lowest BCUT2D eigenvalue weighted by atomic mass is 9.95. The zero-order chi connectivity index (χ0) is 8.20. The van der Waals surface area contributed by atoms with Crippen molar-refractivity contribution in [1.29, 1.82) is 0 Å². The molecule has 0 aromatic carbocycles. The van der Waals surface area contributed by atoms with Crippen LogP contribution in [-0.2, 0) is 4.74 Å². The minimum absolute atomic E-state index is 0.0951. The van der Waals surface area contributed by atoms with Crippen molar-refractivity contribution in [1.82, 2.24) is 0 Å². The van der Waals surface area contributed by atoms with E-state index in [9.17, 15) is 0 Å². The zero-order valence-electron chi connectivity index (χ0n) is 7.35. The van der Waals surface area contributed by atoms with Gasteiger partial charge < -0.3 is 9.84 Å². The molecule has 0 aromatic rings. The van der Waals surface area contributed by atoms with Crippen molar-refractivity contribution >= 4 is 0 Å². The van der Waals surface area contributed by atoms with Crippen LogP contribution in [0.5, 0.6) is 0 Å². The second kappa shape index (κ2) is 3.94. The van der Waals surface area contributed by atoms with Crippen LogP contribution < -0.4 is 0 Å². The Morgan fingerprint density at radius 1 is 1.50 bits per heavy atom. The molecule has 0 heterocycles. The minimum Gasteiger partial charge on any atom is -0.396 e. The number of hydrogen-bond donors (Lipinski definition) is 1. The number of rotatable bonds is 4. The lowest BCUT2D eigenvalue weighted by Gasteiger charge is -2.25. The Morgan fingerprint density at radius 3 is 2.30 bits per heavy atom. The highest BCUT2D eigenvalue weighted by Gasteiger charge is 2.19. The van der Waals surface area contributed by atoms with Gasteiger partial charge in [0.25, 0.3) is 0 Å². The molecule has 0 radical (unpaired) electrons. The molecule has 2 heteroatoms. The van der Waals surface area contributed by atoms with Crippen LogP contribution in [0.3, 0.4) is 0 Å². The Labute approximate surface area is 63.2 Å². The summed E-state index contributed by atoms with van der Waals surface area (Å²) >= 11 is 0. The topological polar surface area (TPSA) is 29.5 Å². The first-order valence-electron chi connectivity index (χ1n) is 3.68. The largest absolute Gasteiger partial charge is 0.396 e. The van der Waals surface area contributed by atoms with Crippen LogP contribution >= 0.6 is 0 Å². The van der Waals surface area contributed by atoms with Gasteiger partial charge in [0.05, 0.1) is 5.60 Å². The maximum atomic E-state index is 8.74. The monoisotopic (exact) mass is 146 g/mol. The van der Waals surface area contributed by atoms with Crippen molar-refractivity contribution in [3.8, 4) is 0 Å². The van der Waals surface area contributed by atoms with Gasteiger partial charge in [-0.2, -0.15) is 0 Å². The summed E-state index contributed by atoms with van der Waals surface area (Å²) in [5, 5.41) is 8.74. The Bertz CT molecular complexity index is 89.3. The summed E-state index contributed by atoms with van der Waals surface area (Å²) in [6.07, 6.45) is 0.903. The third kappa shape index (κ3) is 3.85. The predicted octanol–water partition coefficient (Wildman–Crippen LogP) is 1.43. The molecular weight excluding hydrogens is 128 g/mol. The van der Waals surface area contributed by atoms with Crippen LogP contribution in [0.2, 0.25) is 0 Å². The van der Waals surface area contributed by atoms with Gasteiger partial charge in [-0.25, -0.2) is 0 Å². The molecule has 2 nitrogen and oxygen atoms in total. The van der Waals surface area contributed by atoms with E-state index in [-0.39, 0.29) is 12.2 Å². The average Bonchev–Trinajstić information content (AvgIpc) is 1.87. The van der Waals surface area contributed by atoms with E-state index in [1.54, 1.807) is 7.11 Å². The Kier molecular flexibility index (Phi) is 3.91. The quantitative estimate of drug-likeness (QED) is 0.650. The van der Waals surface area contributed by atoms with Gasteiger partial charge in [0.15, 0.2) is 0 Å². The van der Waals surface area contributed by atoms with E-state index in [1.165, 1.54) is 0 Å². The fraction of sp³-hybridized carbons (Fsp3) is 1.00. The van der Waals surface area contributed by atoms with Crippen LogP contribution in [0.1, 0.15) is 27.2 Å². The number of methoxy groups -OCH3 is 1. The molecule has 0 bridgehead atoms. The lowest BCUT2D eigenvalue weighted by molar-refractivity contribution is -0.00257. The number of ether oxygens (including phenoxy) is 1. The van der Waals surface area contributed by atoms with Crippen molar-refractivity contribution in [2.24, 2.45) is 5.92 Å². The normalized spacial score (nSPS) is 15.3. The second-order valence-electron chi connectivity index (χ2n) is 3.46. The van der Waals surface area contributed by atoms with E-state index in [0.717, 1.165) is 6.42 Å². The maximum Gasteiger partial charge on any atom is 0.0626 e. The summed E-state index contributed by atoms with van der Waals surface area (Å²) in [5.74, 6) is 0.329. The summed E-state index contributed by atoms with van der Waals surface area (Å²) in [6.45, 7) is 6.31. The molecule has 0 aliphatic heterocycles. The van der Waals surface area contributed by atoms with Crippen LogP contribution in [0.25, 0.3) is 0 Å². The van der Waals surface area contributed by atoms with E-state index in [1.807, 2.05) is 20.8 Å². The van der Waals surface area contributed by atoms with Gasteiger partial charge >= 0.3 is 0 Å². The highest BCUT2D eigenvalue weighted by Crippen LogP contribution is 2.18. The lowest BCUT2D eigenvalue weighted by Crippen LogP contribution is -2.26. The number of hydrogen-bond acceptors (Lipinski definition) is 2. The van der Waals surface area contributed by atoms with Crippen LogP contribution in [0.4, 0.5) is 0 Å². The molecule has 0 aliphatic carbocycles. The van der Waals surface area contributed by atoms with Crippen LogP contribution in [-0.4, -0.2) is 24.4 Å². The maximum absolute atomic E-state index is 8.74. The summed E-state index contributed by atoms with van der Waals surface area (Å²) in [6, 6.07) is 0. The first-order chi connectivity index (χ1) is 4.52. The Morgan fingerprint density at radius 2 is 2.00 bits per heavy atom. The average molecular weight is 146 g/mol. The van der Waals surface area contributed by atoms with E-state index in [2.05, 4.69) is 0 Å². The van der Waals surface area contributed by atoms with Crippen molar-refractivity contribution < 1.29 is 9.84 Å². The van der Waals surface area contributed by atoms with Crippen molar-refractivity contribution in [3.63, 3.8) is 0 Å². The molecule has 0 aromatic heterocycles. The molecule has 10 heavy (non-hydrogen) atoms. The summed E-state index contributed by atoms with van der Waals surface area (Å²) < 4.78 is 5.20. The van der Waals surface area contributed by atoms with Crippen LogP contribution in [0.15, 0.2) is 0 Å². The molecule has 0 unspecified atom stereocenters. The first kappa shape index (κ1) is 9.92. The zero-order valence-corrected chi connectivity index (χ0v) is 7.35. The molecule has 62 valence electrons. The Hall–Kier alpha value is -0.0800. The molecular formula is C8H18O2. The van der Waals surface area contributed by atoms with Crippen molar-refractivity contribution in [2.45, 2.75) is 32.8 Å². The molecule has 0 fully saturated rings. The van der Waals surface area contributed by atoms with Gasteiger partial charge in [0.1, 0.15) is 0 Å². The van der Waals surface area contributed by atoms with E-state index < -0.39 is 0 Å². The first-order valence-corrected chi connectivity index (χ1v) is 3.68. The minimum atomic E-state index is -0.0951. The highest BCUT2D eigenvalue weighted by atomic mass is 16.5. The molecule has 0 aliphatic rings. The standard InChI is InChI=1S/C8H18O2/c1-7(6-9)5-8(2,3)10-4/h7,9H,5-6H2,1-4H3/t7-/m0/s1. The third-order valence-electron chi connectivity index (χ3n) is 1.70. The number of aliphatic hydroxyl groups excluding tert-OH is 1. The predicted molar refractivity (Wildman–Crippen MR) is 42.0 cm³/mol. The van der Waals surface area contributed by atoms with E-state index >= 15 is 0 Å². The molecule has 0 spiro atoms. The SMILES string of the molecule is COC(C)(C)C[C@H](C)CO. The van der Waals surface area contributed by atoms with Gasteiger partial charge in [0, 0.05) is 13.7 Å². The van der Waals surface area contributed by atoms with Crippen LogP contribution in [0, 0.1) is 5.92 Å². The molecule has 0 rings (SSSR count). The summed E-state index contributed by atoms with van der Waals surface area (Å²) in [5.41, 5.74) is -0.0951. The van der Waals surface area contributed by atoms with Crippen molar-refractivity contribution in [2.75, 3.05) is 13.7 Å². The van der Waals surface area contributed by atoms with E-state index in [4.69, 9.17) is 9.84 Å². The van der Waals surface area contributed by atoms with Gasteiger partial charge in [-0.3, -0.25) is 0 Å². The fourth-order valence-corrected chi connectivity index (χ4v) is 0.987. The second-order valence-corrected chi connectivity index (χ2v) is 3.46. The molecule has 1 N–H and O–H groups in total. The smallest absolute Gasteiger partial charge is 0.0626 e. The van der Waals surface area contributed by atoms with Gasteiger partial charge in [-0.15, -0.1) is 0 Å². The molecule has 1 atom stereocenters. The van der Waals surface area contributed by atoms with Gasteiger partial charge in [-0.05, 0) is 26.2 Å². The summed E-state index contributed by atoms with van der Waals surface area (Å²) in [4.78, 5) is 0.